The Labute approximate surface area is 129 Å². The number of carbonyl (C=O) groups excluding carboxylic acids is 1. The van der Waals surface area contributed by atoms with Crippen molar-refractivity contribution in [1.82, 2.24) is 5.32 Å². The zero-order valence-electron chi connectivity index (χ0n) is 12.5. The van der Waals surface area contributed by atoms with Gasteiger partial charge in [0.15, 0.2) is 0 Å². The molecule has 0 spiro atoms. The Bertz CT molecular complexity index is 594. The van der Waals surface area contributed by atoms with Crippen LogP contribution in [-0.2, 0) is 13.0 Å². The molecular formula is C17H20N2O3. The molecule has 0 atom stereocenters. The van der Waals surface area contributed by atoms with Gasteiger partial charge in [-0.3, -0.25) is 0 Å². The van der Waals surface area contributed by atoms with Gasteiger partial charge in [-0.1, -0.05) is 24.3 Å². The van der Waals surface area contributed by atoms with Gasteiger partial charge in [0.05, 0.1) is 13.7 Å². The number of urea groups is 1. The average molecular weight is 300 g/mol. The number of amides is 2. The van der Waals surface area contributed by atoms with E-state index in [1.165, 1.54) is 0 Å². The third-order valence-corrected chi connectivity index (χ3v) is 3.25. The predicted molar refractivity (Wildman–Crippen MR) is 86.1 cm³/mol. The Morgan fingerprint density at radius 2 is 1.68 bits per heavy atom. The number of anilines is 1. The highest BCUT2D eigenvalue weighted by atomic mass is 16.5. The molecule has 0 aliphatic carbocycles. The van der Waals surface area contributed by atoms with Crippen LogP contribution in [0.4, 0.5) is 10.5 Å². The van der Waals surface area contributed by atoms with E-state index in [4.69, 9.17) is 9.84 Å². The Morgan fingerprint density at radius 3 is 2.27 bits per heavy atom. The van der Waals surface area contributed by atoms with Crippen molar-refractivity contribution in [2.75, 3.05) is 19.0 Å². The van der Waals surface area contributed by atoms with Gasteiger partial charge in [-0.25, -0.2) is 4.79 Å². The summed E-state index contributed by atoms with van der Waals surface area (Å²) < 4.78 is 5.06. The van der Waals surface area contributed by atoms with Crippen molar-refractivity contribution >= 4 is 11.7 Å². The van der Waals surface area contributed by atoms with Crippen molar-refractivity contribution in [3.8, 4) is 5.75 Å². The van der Waals surface area contributed by atoms with Gasteiger partial charge in [-0.05, 0) is 41.8 Å². The van der Waals surface area contributed by atoms with Crippen LogP contribution >= 0.6 is 0 Å². The molecule has 0 heterocycles. The standard InChI is InChI=1S/C17H20N2O3/c1-22-16-8-6-15(7-9-16)19-17(21)18-11-10-13-2-4-14(12-20)5-3-13/h2-9,20H,10-12H2,1H3,(H2,18,19,21). The maximum atomic E-state index is 11.8. The number of aliphatic hydroxyl groups is 1. The number of carbonyl (C=O) groups is 1. The minimum atomic E-state index is -0.239. The summed E-state index contributed by atoms with van der Waals surface area (Å²) in [6.07, 6.45) is 0.738. The summed E-state index contributed by atoms with van der Waals surface area (Å²) >= 11 is 0. The molecular weight excluding hydrogens is 280 g/mol. The maximum Gasteiger partial charge on any atom is 0.319 e. The maximum absolute atomic E-state index is 11.8. The van der Waals surface area contributed by atoms with Gasteiger partial charge in [-0.15, -0.1) is 0 Å². The molecule has 5 heteroatoms. The fourth-order valence-electron chi connectivity index (χ4n) is 1.98. The molecule has 2 amide bonds. The Balaban J connectivity index is 1.74. The second-order valence-electron chi connectivity index (χ2n) is 4.83. The van der Waals surface area contributed by atoms with E-state index >= 15 is 0 Å². The van der Waals surface area contributed by atoms with Gasteiger partial charge < -0.3 is 20.5 Å². The van der Waals surface area contributed by atoms with Gasteiger partial charge in [0.1, 0.15) is 5.75 Å². The molecule has 0 fully saturated rings. The monoisotopic (exact) mass is 300 g/mol. The summed E-state index contributed by atoms with van der Waals surface area (Å²) in [6, 6.07) is 14.6. The van der Waals surface area contributed by atoms with Crippen LogP contribution in [0.15, 0.2) is 48.5 Å². The predicted octanol–water partition coefficient (Wildman–Crippen LogP) is 2.55. The number of benzene rings is 2. The summed E-state index contributed by atoms with van der Waals surface area (Å²) in [5.74, 6) is 0.747. The Hall–Kier alpha value is -2.53. The fraction of sp³-hybridized carbons (Fsp3) is 0.235. The van der Waals surface area contributed by atoms with Crippen molar-refractivity contribution in [1.29, 1.82) is 0 Å². The highest BCUT2D eigenvalue weighted by molar-refractivity contribution is 5.89. The van der Waals surface area contributed by atoms with Crippen molar-refractivity contribution in [2.45, 2.75) is 13.0 Å². The Morgan fingerprint density at radius 1 is 1.05 bits per heavy atom. The van der Waals surface area contributed by atoms with Gasteiger partial charge in [-0.2, -0.15) is 0 Å². The molecule has 116 valence electrons. The first kappa shape index (κ1) is 15.9. The van der Waals surface area contributed by atoms with E-state index in [0.717, 1.165) is 23.3 Å². The van der Waals surface area contributed by atoms with Crippen LogP contribution in [0.5, 0.6) is 5.75 Å². The fourth-order valence-corrected chi connectivity index (χ4v) is 1.98. The van der Waals surface area contributed by atoms with Gasteiger partial charge >= 0.3 is 6.03 Å². The van der Waals surface area contributed by atoms with Crippen LogP contribution in [-0.4, -0.2) is 24.8 Å². The second-order valence-corrected chi connectivity index (χ2v) is 4.83. The van der Waals surface area contributed by atoms with Gasteiger partial charge in [0, 0.05) is 12.2 Å². The zero-order chi connectivity index (χ0) is 15.8. The first-order chi connectivity index (χ1) is 10.7. The van der Waals surface area contributed by atoms with Crippen LogP contribution in [0.3, 0.4) is 0 Å². The lowest BCUT2D eigenvalue weighted by molar-refractivity contribution is 0.252. The molecule has 2 aromatic carbocycles. The number of methoxy groups -OCH3 is 1. The lowest BCUT2D eigenvalue weighted by Crippen LogP contribution is -2.30. The minimum absolute atomic E-state index is 0.0444. The van der Waals surface area contributed by atoms with Crippen molar-refractivity contribution < 1.29 is 14.6 Å². The molecule has 0 aromatic heterocycles. The number of rotatable bonds is 6. The topological polar surface area (TPSA) is 70.6 Å². The quantitative estimate of drug-likeness (QED) is 0.768. The van der Waals surface area contributed by atoms with Crippen LogP contribution in [0.2, 0.25) is 0 Å². The van der Waals surface area contributed by atoms with E-state index in [0.29, 0.717) is 12.2 Å². The highest BCUT2D eigenvalue weighted by Gasteiger charge is 2.02. The molecule has 2 aromatic rings. The van der Waals surface area contributed by atoms with Crippen molar-refractivity contribution in [3.63, 3.8) is 0 Å². The van der Waals surface area contributed by atoms with E-state index in [9.17, 15) is 4.79 Å². The first-order valence-electron chi connectivity index (χ1n) is 7.09. The number of hydrogen-bond donors (Lipinski definition) is 3. The van der Waals surface area contributed by atoms with Crippen LogP contribution in [0.1, 0.15) is 11.1 Å². The molecule has 0 unspecified atom stereocenters. The summed E-state index contributed by atoms with van der Waals surface area (Å²) in [7, 11) is 1.60. The lowest BCUT2D eigenvalue weighted by atomic mass is 10.1. The van der Waals surface area contributed by atoms with E-state index in [2.05, 4.69) is 10.6 Å². The summed E-state index contributed by atoms with van der Waals surface area (Å²) in [4.78, 5) is 11.8. The molecule has 0 aliphatic heterocycles. The molecule has 0 bridgehead atoms. The minimum Gasteiger partial charge on any atom is -0.497 e. The van der Waals surface area contributed by atoms with Crippen LogP contribution in [0.25, 0.3) is 0 Å². The summed E-state index contributed by atoms with van der Waals surface area (Å²) in [5, 5.41) is 14.5. The van der Waals surface area contributed by atoms with Crippen LogP contribution < -0.4 is 15.4 Å². The normalized spacial score (nSPS) is 10.1. The molecule has 5 nitrogen and oxygen atoms in total. The SMILES string of the molecule is COc1ccc(NC(=O)NCCc2ccc(CO)cc2)cc1. The van der Waals surface area contributed by atoms with Gasteiger partial charge in [0.2, 0.25) is 0 Å². The molecule has 0 saturated heterocycles. The molecule has 3 N–H and O–H groups in total. The number of aliphatic hydroxyl groups excluding tert-OH is 1. The third kappa shape index (κ3) is 4.79. The van der Waals surface area contributed by atoms with E-state index in [1.807, 2.05) is 24.3 Å². The number of hydrogen-bond acceptors (Lipinski definition) is 3. The summed E-state index contributed by atoms with van der Waals surface area (Å²) in [6.45, 7) is 0.587. The largest absolute Gasteiger partial charge is 0.497 e. The molecule has 0 saturated carbocycles. The molecule has 0 radical (unpaired) electrons. The van der Waals surface area contributed by atoms with E-state index < -0.39 is 0 Å². The van der Waals surface area contributed by atoms with E-state index in [-0.39, 0.29) is 12.6 Å². The third-order valence-electron chi connectivity index (χ3n) is 3.25. The average Bonchev–Trinajstić information content (AvgIpc) is 2.56. The smallest absolute Gasteiger partial charge is 0.319 e. The zero-order valence-corrected chi connectivity index (χ0v) is 12.5. The number of nitrogens with one attached hydrogen (secondary N) is 2. The van der Waals surface area contributed by atoms with Crippen molar-refractivity contribution in [3.05, 3.63) is 59.7 Å². The highest BCUT2D eigenvalue weighted by Crippen LogP contribution is 2.14. The summed E-state index contributed by atoms with van der Waals surface area (Å²) in [5.41, 5.74) is 2.71. The number of ether oxygens (including phenoxy) is 1. The molecule has 2 rings (SSSR count). The second kappa shape index (κ2) is 8.05. The van der Waals surface area contributed by atoms with Gasteiger partial charge in [0.25, 0.3) is 0 Å². The van der Waals surface area contributed by atoms with Crippen LogP contribution in [0, 0.1) is 0 Å². The Kier molecular flexibility index (Phi) is 5.80. The van der Waals surface area contributed by atoms with Crippen molar-refractivity contribution in [2.24, 2.45) is 0 Å². The molecule has 22 heavy (non-hydrogen) atoms. The lowest BCUT2D eigenvalue weighted by Gasteiger charge is -2.08. The van der Waals surface area contributed by atoms with E-state index in [1.54, 1.807) is 31.4 Å². The first-order valence-corrected chi connectivity index (χ1v) is 7.09. The molecule has 0 aliphatic rings.